The van der Waals surface area contributed by atoms with Gasteiger partial charge in [0.25, 0.3) is 0 Å². The van der Waals surface area contributed by atoms with Gasteiger partial charge in [-0.1, -0.05) is 17.7 Å². The molecule has 0 bridgehead atoms. The predicted molar refractivity (Wildman–Crippen MR) is 124 cm³/mol. The van der Waals surface area contributed by atoms with Gasteiger partial charge in [0.15, 0.2) is 0 Å². The zero-order valence-electron chi connectivity index (χ0n) is 18.9. The molecule has 1 N–H and O–H groups in total. The Labute approximate surface area is 199 Å². The fourth-order valence-corrected chi connectivity index (χ4v) is 3.95. The summed E-state index contributed by atoms with van der Waals surface area (Å²) < 4.78 is 59.6. The van der Waals surface area contributed by atoms with Crippen LogP contribution >= 0.6 is 0 Å². The van der Waals surface area contributed by atoms with Crippen LogP contribution in [0.1, 0.15) is 24.0 Å². The lowest BCUT2D eigenvalue weighted by atomic mass is 10.0. The maximum atomic E-state index is 14.2. The van der Waals surface area contributed by atoms with Crippen LogP contribution in [-0.2, 0) is 4.79 Å². The van der Waals surface area contributed by atoms with Gasteiger partial charge in [0.1, 0.15) is 23.0 Å². The zero-order valence-corrected chi connectivity index (χ0v) is 18.9. The largest absolute Gasteiger partial charge is 0.481 e. The number of hydrogen-bond acceptors (Lipinski definition) is 4. The molecule has 0 aromatic heterocycles. The average Bonchev–Trinajstić information content (AvgIpc) is 3.21. The summed E-state index contributed by atoms with van der Waals surface area (Å²) in [5.74, 6) is -0.557. The first-order chi connectivity index (χ1) is 16.5. The second-order valence-electron chi connectivity index (χ2n) is 8.40. The molecule has 3 aromatic carbocycles. The van der Waals surface area contributed by atoms with Gasteiger partial charge in [-0.25, -0.2) is 4.39 Å². The molecule has 4 rings (SSSR count). The van der Waals surface area contributed by atoms with Crippen molar-refractivity contribution in [3.8, 4) is 22.6 Å². The van der Waals surface area contributed by atoms with E-state index in [1.54, 1.807) is 36.4 Å². The van der Waals surface area contributed by atoms with Crippen LogP contribution in [0.2, 0.25) is 0 Å². The summed E-state index contributed by atoms with van der Waals surface area (Å²) in [6.07, 6.45) is -5.60. The van der Waals surface area contributed by atoms with Crippen molar-refractivity contribution in [1.29, 1.82) is 0 Å². The highest BCUT2D eigenvalue weighted by Crippen LogP contribution is 2.35. The molecule has 1 heterocycles. The quantitative estimate of drug-likeness (QED) is 0.386. The minimum absolute atomic E-state index is 0.321. The fourth-order valence-electron chi connectivity index (χ4n) is 3.95. The Morgan fingerprint density at radius 1 is 1.09 bits per heavy atom. The molecule has 35 heavy (non-hydrogen) atoms. The van der Waals surface area contributed by atoms with E-state index in [-0.39, 0.29) is 5.82 Å². The van der Waals surface area contributed by atoms with Gasteiger partial charge in [-0.05, 0) is 73.5 Å². The van der Waals surface area contributed by atoms with Gasteiger partial charge < -0.3 is 9.84 Å². The topological polar surface area (TPSA) is 62.1 Å². The van der Waals surface area contributed by atoms with E-state index in [0.717, 1.165) is 16.1 Å². The number of ether oxygens (including phenoxy) is 1. The summed E-state index contributed by atoms with van der Waals surface area (Å²) in [5.41, 5.74) is 2.23. The fraction of sp³-hybridized carbons (Fsp3) is 0.231. The maximum absolute atomic E-state index is 14.2. The highest BCUT2D eigenvalue weighted by Gasteiger charge is 2.43. The molecule has 0 spiro atoms. The third-order valence-corrected chi connectivity index (χ3v) is 5.68. The Bertz CT molecular complexity index is 1290. The molecule has 0 fully saturated rings. The lowest BCUT2D eigenvalue weighted by Crippen LogP contribution is -2.29. The van der Waals surface area contributed by atoms with Crippen molar-refractivity contribution in [2.24, 2.45) is 5.10 Å². The van der Waals surface area contributed by atoms with Gasteiger partial charge in [-0.3, -0.25) is 9.80 Å². The molecule has 1 unspecified atom stereocenters. The molecule has 0 radical (unpaired) electrons. The van der Waals surface area contributed by atoms with E-state index in [2.05, 4.69) is 5.10 Å². The van der Waals surface area contributed by atoms with Crippen LogP contribution in [0.3, 0.4) is 0 Å². The Balaban J connectivity index is 1.54. The van der Waals surface area contributed by atoms with Gasteiger partial charge in [-0.2, -0.15) is 18.3 Å². The first kappa shape index (κ1) is 24.3. The normalized spacial score (nSPS) is 15.8. The Morgan fingerprint density at radius 3 is 2.43 bits per heavy atom. The van der Waals surface area contributed by atoms with Crippen LogP contribution in [0.25, 0.3) is 11.1 Å². The number of aryl methyl sites for hydroxylation is 2. The van der Waals surface area contributed by atoms with E-state index in [1.165, 1.54) is 18.2 Å². The minimum atomic E-state index is -4.63. The highest BCUT2D eigenvalue weighted by atomic mass is 19.4. The third-order valence-electron chi connectivity index (χ3n) is 5.68. The second-order valence-corrected chi connectivity index (χ2v) is 8.40. The monoisotopic (exact) mass is 486 g/mol. The molecule has 182 valence electrons. The molecule has 0 amide bonds. The predicted octanol–water partition coefficient (Wildman–Crippen LogP) is 6.87. The van der Waals surface area contributed by atoms with Crippen LogP contribution in [0.4, 0.5) is 23.2 Å². The lowest BCUT2D eigenvalue weighted by Gasteiger charge is -2.22. The number of carboxylic acid groups (broad SMARTS) is 1. The molecule has 1 aliphatic heterocycles. The van der Waals surface area contributed by atoms with E-state index in [0.29, 0.717) is 28.3 Å². The number of benzene rings is 3. The van der Waals surface area contributed by atoms with Crippen LogP contribution < -0.4 is 9.75 Å². The first-order valence-electron chi connectivity index (χ1n) is 10.8. The number of aliphatic carboxylic acids is 1. The van der Waals surface area contributed by atoms with E-state index < -0.39 is 36.7 Å². The van der Waals surface area contributed by atoms with E-state index in [1.807, 2.05) is 19.9 Å². The molecule has 9 heteroatoms. The lowest BCUT2D eigenvalue weighted by molar-refractivity contribution is -0.137. The zero-order chi connectivity index (χ0) is 25.3. The number of alkyl halides is 3. The summed E-state index contributed by atoms with van der Waals surface area (Å²) in [7, 11) is 0. The molecule has 5 nitrogen and oxygen atoms in total. The molecular weight excluding hydrogens is 464 g/mol. The number of rotatable bonds is 6. The van der Waals surface area contributed by atoms with Crippen molar-refractivity contribution in [3.63, 3.8) is 0 Å². The summed E-state index contributed by atoms with van der Waals surface area (Å²) in [6.45, 7) is 3.72. The molecule has 0 saturated heterocycles. The summed E-state index contributed by atoms with van der Waals surface area (Å²) in [6, 6.07) is 15.5. The van der Waals surface area contributed by atoms with Crippen molar-refractivity contribution < 1.29 is 32.2 Å². The van der Waals surface area contributed by atoms with E-state index in [4.69, 9.17) is 9.84 Å². The third kappa shape index (κ3) is 5.45. The van der Waals surface area contributed by atoms with Gasteiger partial charge >= 0.3 is 12.1 Å². The van der Waals surface area contributed by atoms with Crippen molar-refractivity contribution >= 4 is 17.4 Å². The number of hydrazone groups is 1. The summed E-state index contributed by atoms with van der Waals surface area (Å²) in [4.78, 5) is 11.1. The van der Waals surface area contributed by atoms with Crippen LogP contribution in [0.5, 0.6) is 11.5 Å². The molecule has 0 aliphatic carbocycles. The van der Waals surface area contributed by atoms with Crippen molar-refractivity contribution in [1.82, 2.24) is 0 Å². The molecule has 1 atom stereocenters. The van der Waals surface area contributed by atoms with Gasteiger partial charge in [0.05, 0.1) is 18.2 Å². The number of carboxylic acids is 1. The van der Waals surface area contributed by atoms with Crippen LogP contribution in [0, 0.1) is 19.7 Å². The highest BCUT2D eigenvalue weighted by molar-refractivity contribution is 5.94. The Hall–Kier alpha value is -3.88. The summed E-state index contributed by atoms with van der Waals surface area (Å²) >= 11 is 0. The van der Waals surface area contributed by atoms with Crippen LogP contribution in [-0.4, -0.2) is 29.0 Å². The van der Waals surface area contributed by atoms with E-state index >= 15 is 0 Å². The summed E-state index contributed by atoms with van der Waals surface area (Å²) in [5, 5.41) is 13.8. The minimum Gasteiger partial charge on any atom is -0.481 e. The second kappa shape index (κ2) is 9.40. The molecule has 3 aromatic rings. The standard InChI is InChI=1S/C26H22F4N2O3/c1-15-3-9-22(27)21(11-15)17-4-10-23(16(2)12-17)35-20-7-5-18(6-8-20)32-19(14-25(33)34)13-24(31-32)26(28,29)30/h3-12,19H,13-14H2,1-2H3,(H,33,34). The first-order valence-corrected chi connectivity index (χ1v) is 10.8. The molecule has 1 aliphatic rings. The number of halogens is 4. The smallest absolute Gasteiger partial charge is 0.431 e. The molecular formula is C26H22F4N2O3. The average molecular weight is 486 g/mol. The van der Waals surface area contributed by atoms with Crippen molar-refractivity contribution in [2.45, 2.75) is 38.9 Å². The van der Waals surface area contributed by atoms with Gasteiger partial charge in [-0.15, -0.1) is 0 Å². The SMILES string of the molecule is Cc1ccc(F)c(-c2ccc(Oc3ccc(N4N=C(C(F)(F)F)CC4CC(=O)O)cc3)c(C)c2)c1. The number of nitrogens with zero attached hydrogens (tertiary/aromatic N) is 2. The van der Waals surface area contributed by atoms with Gasteiger partial charge in [0, 0.05) is 12.0 Å². The number of anilines is 1. The van der Waals surface area contributed by atoms with E-state index in [9.17, 15) is 22.4 Å². The Kier molecular flexibility index (Phi) is 6.51. The number of hydrogen-bond donors (Lipinski definition) is 1. The van der Waals surface area contributed by atoms with Crippen molar-refractivity contribution in [3.05, 3.63) is 77.6 Å². The maximum Gasteiger partial charge on any atom is 0.431 e. The Morgan fingerprint density at radius 2 is 1.80 bits per heavy atom. The van der Waals surface area contributed by atoms with Crippen LogP contribution in [0.15, 0.2) is 65.8 Å². The van der Waals surface area contributed by atoms with Crippen molar-refractivity contribution in [2.75, 3.05) is 5.01 Å². The van der Waals surface area contributed by atoms with Gasteiger partial charge in [0.2, 0.25) is 0 Å². The number of carbonyl (C=O) groups is 1. The molecule has 0 saturated carbocycles.